The highest BCUT2D eigenvalue weighted by atomic mass is 35.5. The molecule has 1 fully saturated rings. The maximum atomic E-state index is 14.3. The first-order valence-corrected chi connectivity index (χ1v) is 16.4. The summed E-state index contributed by atoms with van der Waals surface area (Å²) in [7, 11) is -3.34. The van der Waals surface area contributed by atoms with Crippen molar-refractivity contribution in [3.8, 4) is 5.75 Å². The number of fused-ring (bicyclic) bond motifs is 2. The number of hydrogen-bond donors (Lipinski definition) is 0. The SMILES string of the molecule is O=C1Oc2c(cc3c4c2CCCN4CCC3)[P@](=Nc2ccccc2[N+](=O)[O-])(N2CCOCC2)N1c1ccc(Cl)c(Cl)c1. The van der Waals surface area contributed by atoms with Crippen molar-refractivity contribution in [2.75, 3.05) is 49.0 Å². The Morgan fingerprint density at radius 1 is 0.952 bits per heavy atom. The molecule has 42 heavy (non-hydrogen) atoms. The third-order valence-electron chi connectivity index (χ3n) is 8.27. The second kappa shape index (κ2) is 10.8. The van der Waals surface area contributed by atoms with Crippen LogP contribution in [-0.4, -0.2) is 55.1 Å². The van der Waals surface area contributed by atoms with E-state index in [1.54, 1.807) is 41.1 Å². The Morgan fingerprint density at radius 3 is 2.48 bits per heavy atom. The lowest BCUT2D eigenvalue weighted by Crippen LogP contribution is -2.50. The zero-order valence-electron chi connectivity index (χ0n) is 22.7. The van der Waals surface area contributed by atoms with Crippen molar-refractivity contribution in [3.63, 3.8) is 0 Å². The molecule has 0 bridgehead atoms. The lowest BCUT2D eigenvalue weighted by molar-refractivity contribution is -0.384. The molecule has 1 amide bonds. The van der Waals surface area contributed by atoms with Crippen LogP contribution in [0.4, 0.5) is 27.5 Å². The standard InChI is InChI=1S/C29H28Cl2N5O5P/c30-22-10-9-20(18-23(22)31)35-29(37)41-28-21-6-4-12-33-11-3-5-19(27(21)33)17-26(28)42(35,34-13-15-40-16-14-34)32-24-7-1-2-8-25(24)36(38)39/h1-2,7-10,17-18H,3-6,11-16H2/t42-/m0/s1. The molecular weight excluding hydrogens is 600 g/mol. The van der Waals surface area contributed by atoms with Crippen molar-refractivity contribution >= 4 is 64.7 Å². The van der Waals surface area contributed by atoms with E-state index in [1.165, 1.54) is 11.6 Å². The molecule has 3 aromatic rings. The highest BCUT2D eigenvalue weighted by Crippen LogP contribution is 2.65. The molecule has 13 heteroatoms. The Balaban J connectivity index is 1.62. The fourth-order valence-electron chi connectivity index (χ4n) is 6.51. The topological polar surface area (TPSA) is 101 Å². The molecule has 3 aromatic carbocycles. The van der Waals surface area contributed by atoms with Crippen molar-refractivity contribution in [3.05, 3.63) is 79.8 Å². The van der Waals surface area contributed by atoms with Gasteiger partial charge in [-0.1, -0.05) is 35.3 Å². The number of carbonyl (C=O) groups excluding carboxylic acids is 1. The summed E-state index contributed by atoms with van der Waals surface area (Å²) >= 11 is 12.8. The Bertz CT molecular complexity index is 1680. The Labute approximate surface area is 253 Å². The fourth-order valence-corrected chi connectivity index (χ4v) is 10.6. The maximum Gasteiger partial charge on any atom is 0.425 e. The summed E-state index contributed by atoms with van der Waals surface area (Å²) in [6.07, 6.45) is 3.03. The Hall–Kier alpha value is -3.14. The smallest absolute Gasteiger partial charge is 0.408 e. The van der Waals surface area contributed by atoms with Crippen LogP contribution >= 0.6 is 30.6 Å². The average Bonchev–Trinajstić information content (AvgIpc) is 3.00. The summed E-state index contributed by atoms with van der Waals surface area (Å²) in [4.78, 5) is 28.5. The van der Waals surface area contributed by atoms with Crippen LogP contribution in [0.2, 0.25) is 10.0 Å². The predicted octanol–water partition coefficient (Wildman–Crippen LogP) is 6.94. The van der Waals surface area contributed by atoms with Crippen LogP contribution in [0.1, 0.15) is 24.0 Å². The predicted molar refractivity (Wildman–Crippen MR) is 164 cm³/mol. The van der Waals surface area contributed by atoms with E-state index < -0.39 is 18.4 Å². The quantitative estimate of drug-likeness (QED) is 0.175. The van der Waals surface area contributed by atoms with Gasteiger partial charge < -0.3 is 14.4 Å². The number of aryl methyl sites for hydroxylation is 1. The molecule has 0 aromatic heterocycles. The van der Waals surface area contributed by atoms with E-state index in [2.05, 4.69) is 15.6 Å². The normalized spacial score (nSPS) is 21.8. The zero-order valence-corrected chi connectivity index (χ0v) is 25.1. The van der Waals surface area contributed by atoms with Crippen LogP contribution in [0.25, 0.3) is 0 Å². The van der Waals surface area contributed by atoms with Crippen LogP contribution in [0.5, 0.6) is 5.75 Å². The van der Waals surface area contributed by atoms with Crippen LogP contribution in [0.15, 0.2) is 53.3 Å². The lowest BCUT2D eigenvalue weighted by atomic mass is 9.91. The molecule has 7 rings (SSSR count). The number of nitro groups is 1. The van der Waals surface area contributed by atoms with Gasteiger partial charge in [-0.2, -0.15) is 0 Å². The van der Waals surface area contributed by atoms with Gasteiger partial charge in [-0.05, 0) is 61.6 Å². The maximum absolute atomic E-state index is 14.3. The van der Waals surface area contributed by atoms with Crippen molar-refractivity contribution in [2.24, 2.45) is 4.74 Å². The molecule has 0 N–H and O–H groups in total. The van der Waals surface area contributed by atoms with Gasteiger partial charge >= 0.3 is 6.09 Å². The number of ether oxygens (including phenoxy) is 2. The zero-order chi connectivity index (χ0) is 29.0. The second-order valence-corrected chi connectivity index (χ2v) is 14.3. The van der Waals surface area contributed by atoms with Crippen molar-refractivity contribution in [2.45, 2.75) is 25.7 Å². The Morgan fingerprint density at radius 2 is 1.71 bits per heavy atom. The molecule has 218 valence electrons. The van der Waals surface area contributed by atoms with Crippen LogP contribution in [0.3, 0.4) is 0 Å². The van der Waals surface area contributed by atoms with Crippen LogP contribution < -0.4 is 19.6 Å². The van der Waals surface area contributed by atoms with E-state index >= 15 is 0 Å². The highest BCUT2D eigenvalue weighted by molar-refractivity contribution is 7.74. The van der Waals surface area contributed by atoms with Gasteiger partial charge in [0, 0.05) is 43.5 Å². The van der Waals surface area contributed by atoms with E-state index in [-0.39, 0.29) is 16.4 Å². The number of halogens is 2. The average molecular weight is 628 g/mol. The minimum atomic E-state index is -3.34. The van der Waals surface area contributed by atoms with Gasteiger partial charge in [0.1, 0.15) is 11.4 Å². The third-order valence-corrected chi connectivity index (χ3v) is 12.6. The minimum Gasteiger partial charge on any atom is -0.408 e. The monoisotopic (exact) mass is 627 g/mol. The summed E-state index contributed by atoms with van der Waals surface area (Å²) in [5.41, 5.74) is 3.89. The number of morpholine rings is 1. The van der Waals surface area contributed by atoms with E-state index in [4.69, 9.17) is 37.4 Å². The molecule has 4 aliphatic heterocycles. The molecular formula is C29H28Cl2N5O5P. The summed E-state index contributed by atoms with van der Waals surface area (Å²) in [5, 5.41) is 13.6. The van der Waals surface area contributed by atoms with E-state index in [0.717, 1.165) is 55.3 Å². The molecule has 0 aliphatic carbocycles. The number of nitro benzene ring substituents is 1. The van der Waals surface area contributed by atoms with E-state index in [0.29, 0.717) is 42.8 Å². The van der Waals surface area contributed by atoms with Gasteiger partial charge in [-0.25, -0.2) is 18.9 Å². The van der Waals surface area contributed by atoms with Crippen LogP contribution in [-0.2, 0) is 17.6 Å². The number of nitrogens with zero attached hydrogens (tertiary/aromatic N) is 5. The van der Waals surface area contributed by atoms with Gasteiger partial charge in [0.05, 0.1) is 39.2 Å². The van der Waals surface area contributed by atoms with E-state index in [1.807, 2.05) is 0 Å². The summed E-state index contributed by atoms with van der Waals surface area (Å²) in [6, 6.07) is 13.5. The molecule has 1 saturated heterocycles. The van der Waals surface area contributed by atoms with Gasteiger partial charge in [0.25, 0.3) is 5.69 Å². The van der Waals surface area contributed by atoms with Gasteiger partial charge in [0.2, 0.25) is 0 Å². The molecule has 0 spiro atoms. The van der Waals surface area contributed by atoms with Gasteiger partial charge in [-0.3, -0.25) is 10.1 Å². The number of carbonyl (C=O) groups is 1. The van der Waals surface area contributed by atoms with Crippen molar-refractivity contribution < 1.29 is 19.2 Å². The first-order chi connectivity index (χ1) is 20.4. The fraction of sp³-hybridized carbons (Fsp3) is 0.345. The van der Waals surface area contributed by atoms with Gasteiger partial charge in [0.15, 0.2) is 7.36 Å². The number of amides is 1. The van der Waals surface area contributed by atoms with Crippen molar-refractivity contribution in [1.29, 1.82) is 0 Å². The first kappa shape index (κ1) is 27.7. The lowest BCUT2D eigenvalue weighted by Gasteiger charge is -2.48. The summed E-state index contributed by atoms with van der Waals surface area (Å²) in [6.45, 7) is 3.74. The van der Waals surface area contributed by atoms with Crippen LogP contribution in [0, 0.1) is 10.1 Å². The molecule has 10 nitrogen and oxygen atoms in total. The first-order valence-electron chi connectivity index (χ1n) is 14.0. The third kappa shape index (κ3) is 4.39. The molecule has 0 saturated carbocycles. The molecule has 4 aliphatic rings. The Kier molecular flexibility index (Phi) is 7.15. The van der Waals surface area contributed by atoms with E-state index in [9.17, 15) is 14.9 Å². The summed E-state index contributed by atoms with van der Waals surface area (Å²) in [5.74, 6) is 0.531. The number of para-hydroxylation sites is 1. The molecule has 1 atom stereocenters. The number of hydrogen-bond acceptors (Lipinski definition) is 7. The molecule has 0 unspecified atom stereocenters. The molecule has 0 radical (unpaired) electrons. The summed E-state index contributed by atoms with van der Waals surface area (Å²) < 4.78 is 21.1. The number of benzene rings is 3. The largest absolute Gasteiger partial charge is 0.425 e. The van der Waals surface area contributed by atoms with Gasteiger partial charge in [-0.15, -0.1) is 0 Å². The number of anilines is 2. The highest BCUT2D eigenvalue weighted by Gasteiger charge is 2.50. The second-order valence-electron chi connectivity index (χ2n) is 10.7. The molecule has 4 heterocycles. The minimum absolute atomic E-state index is 0.134. The van der Waals surface area contributed by atoms with Crippen molar-refractivity contribution in [1.82, 2.24) is 4.67 Å². The number of rotatable bonds is 4.